The molecule has 0 aliphatic heterocycles. The number of aromatic nitrogens is 3. The van der Waals surface area contributed by atoms with Gasteiger partial charge in [0, 0.05) is 24.0 Å². The molecule has 2 amide bonds. The van der Waals surface area contributed by atoms with Gasteiger partial charge in [0.1, 0.15) is 17.6 Å². The number of hydrogen-bond donors (Lipinski definition) is 3. The predicted octanol–water partition coefficient (Wildman–Crippen LogP) is 5.46. The van der Waals surface area contributed by atoms with E-state index in [0.717, 1.165) is 0 Å². The molecule has 178 valence electrons. The zero-order valence-electron chi connectivity index (χ0n) is 18.9. The van der Waals surface area contributed by atoms with Crippen molar-refractivity contribution in [1.29, 1.82) is 10.0 Å². The Balaban J connectivity index is 2.01. The molecule has 0 fully saturated rings. The third-order valence-corrected chi connectivity index (χ3v) is 6.58. The summed E-state index contributed by atoms with van der Waals surface area (Å²) in [5.74, 6) is -0.728. The van der Waals surface area contributed by atoms with Crippen molar-refractivity contribution in [3.8, 4) is 17.2 Å². The van der Waals surface area contributed by atoms with Gasteiger partial charge in [-0.15, -0.1) is 0 Å². The Bertz CT molecular complexity index is 1390. The van der Waals surface area contributed by atoms with E-state index in [0.29, 0.717) is 16.7 Å². The molecule has 2 aromatic heterocycles. The zero-order valence-corrected chi connectivity index (χ0v) is 20.5. The fourth-order valence-electron chi connectivity index (χ4n) is 3.24. The average molecular weight is 504 g/mol. The number of nitriles is 1. The first kappa shape index (κ1) is 25.1. The molecular weight excluding hydrogens is 481 g/mol. The predicted molar refractivity (Wildman–Crippen MR) is 127 cm³/mol. The highest BCUT2D eigenvalue weighted by molar-refractivity contribution is 7.91. The topological polar surface area (TPSA) is 137 Å². The van der Waals surface area contributed by atoms with Gasteiger partial charge in [-0.2, -0.15) is 10.4 Å². The monoisotopic (exact) mass is 503 g/mol. The van der Waals surface area contributed by atoms with E-state index in [1.807, 2.05) is 33.8 Å². The van der Waals surface area contributed by atoms with Crippen molar-refractivity contribution in [1.82, 2.24) is 19.5 Å². The van der Waals surface area contributed by atoms with Crippen LogP contribution >= 0.6 is 11.6 Å². The van der Waals surface area contributed by atoms with E-state index < -0.39 is 21.8 Å². The molecule has 0 saturated carbocycles. The van der Waals surface area contributed by atoms with Gasteiger partial charge in [0.25, 0.3) is 0 Å². The van der Waals surface area contributed by atoms with Crippen molar-refractivity contribution in [3.63, 3.8) is 0 Å². The van der Waals surface area contributed by atoms with Gasteiger partial charge in [0.15, 0.2) is 14.9 Å². The van der Waals surface area contributed by atoms with Crippen LogP contribution in [0.15, 0.2) is 41.7 Å². The summed E-state index contributed by atoms with van der Waals surface area (Å²) >= 11 is 6.11. The molecule has 0 radical (unpaired) electrons. The highest BCUT2D eigenvalue weighted by Gasteiger charge is 2.24. The Labute approximate surface area is 202 Å². The van der Waals surface area contributed by atoms with E-state index in [4.69, 9.17) is 16.4 Å². The zero-order chi connectivity index (χ0) is 25.2. The van der Waals surface area contributed by atoms with Crippen LogP contribution in [0.1, 0.15) is 50.9 Å². The summed E-state index contributed by atoms with van der Waals surface area (Å²) in [4.78, 5) is 16.8. The molecule has 9 nitrogen and oxygen atoms in total. The molecule has 34 heavy (non-hydrogen) atoms. The number of hydrogen-bond acceptors (Lipinski definition) is 6. The Morgan fingerprint density at radius 3 is 2.59 bits per heavy atom. The summed E-state index contributed by atoms with van der Waals surface area (Å²) in [5, 5.41) is 15.6. The second-order valence-corrected chi connectivity index (χ2v) is 10.2. The molecule has 2 heterocycles. The lowest BCUT2D eigenvalue weighted by Crippen LogP contribution is -2.34. The molecule has 3 N–H and O–H groups in total. The molecule has 1 aromatic carbocycles. The number of carbonyl (C=O) groups excluding carboxylic acids is 1. The van der Waals surface area contributed by atoms with Crippen molar-refractivity contribution in [3.05, 3.63) is 58.8 Å². The molecule has 0 bridgehead atoms. The van der Waals surface area contributed by atoms with Gasteiger partial charge in [0.05, 0.1) is 10.7 Å². The maximum atomic E-state index is 14.5. The maximum absolute atomic E-state index is 14.5. The van der Waals surface area contributed by atoms with Crippen molar-refractivity contribution in [2.45, 2.75) is 44.7 Å². The Hall–Kier alpha value is -3.49. The maximum Gasteiger partial charge on any atom is 0.332 e. The van der Waals surface area contributed by atoms with Gasteiger partial charge < -0.3 is 5.32 Å². The molecule has 0 aliphatic rings. The third kappa shape index (κ3) is 5.35. The first-order valence-corrected chi connectivity index (χ1v) is 12.2. The van der Waals surface area contributed by atoms with Gasteiger partial charge in [-0.05, 0) is 55.2 Å². The van der Waals surface area contributed by atoms with Crippen molar-refractivity contribution >= 4 is 33.2 Å². The van der Waals surface area contributed by atoms with Crippen LogP contribution < -0.4 is 10.0 Å². The van der Waals surface area contributed by atoms with Crippen LogP contribution in [0, 0.1) is 21.9 Å². The summed E-state index contributed by atoms with van der Waals surface area (Å²) in [7, 11) is -3.91. The van der Waals surface area contributed by atoms with E-state index in [1.165, 1.54) is 35.3 Å². The van der Waals surface area contributed by atoms with Crippen LogP contribution in [0.3, 0.4) is 0 Å². The smallest absolute Gasteiger partial charge is 0.306 e. The SMILES string of the molecule is CC(C)c1cc(F)cc(-c2ccnc(C#N)c2)c1NC(=O)NS(=N)(=O)c1nn(C(C)C)cc1Cl. The van der Waals surface area contributed by atoms with Gasteiger partial charge in [-0.25, -0.2) is 27.9 Å². The first-order chi connectivity index (χ1) is 15.9. The lowest BCUT2D eigenvalue weighted by molar-refractivity contribution is 0.256. The molecule has 0 saturated heterocycles. The second kappa shape index (κ2) is 9.79. The minimum absolute atomic E-state index is 0.0137. The van der Waals surface area contributed by atoms with E-state index >= 15 is 0 Å². The Morgan fingerprint density at radius 1 is 1.29 bits per heavy atom. The van der Waals surface area contributed by atoms with E-state index in [1.54, 1.807) is 6.07 Å². The number of nitrogens with one attached hydrogen (secondary N) is 3. The van der Waals surface area contributed by atoms with Crippen LogP contribution in [0.2, 0.25) is 5.02 Å². The second-order valence-electron chi connectivity index (χ2n) is 8.08. The van der Waals surface area contributed by atoms with Crippen molar-refractivity contribution in [2.24, 2.45) is 0 Å². The van der Waals surface area contributed by atoms with Crippen LogP contribution in [0.4, 0.5) is 14.9 Å². The summed E-state index contributed by atoms with van der Waals surface area (Å²) in [6, 6.07) is 6.42. The van der Waals surface area contributed by atoms with Crippen molar-refractivity contribution in [2.75, 3.05) is 5.32 Å². The molecule has 0 spiro atoms. The summed E-state index contributed by atoms with van der Waals surface area (Å²) < 4.78 is 39.2. The quantitative estimate of drug-likeness (QED) is 0.410. The average Bonchev–Trinajstić information content (AvgIpc) is 3.17. The number of nitrogens with zero attached hydrogens (tertiary/aromatic N) is 4. The molecule has 0 aliphatic carbocycles. The number of urea groups is 1. The fraction of sp³-hybridized carbons (Fsp3) is 0.273. The number of halogens is 2. The number of carbonyl (C=O) groups is 1. The number of benzene rings is 1. The number of rotatable bonds is 6. The van der Waals surface area contributed by atoms with E-state index in [-0.39, 0.29) is 33.4 Å². The third-order valence-electron chi connectivity index (χ3n) is 4.87. The van der Waals surface area contributed by atoms with Crippen molar-refractivity contribution < 1.29 is 13.4 Å². The first-order valence-electron chi connectivity index (χ1n) is 10.2. The van der Waals surface area contributed by atoms with Gasteiger partial charge in [-0.3, -0.25) is 4.68 Å². The summed E-state index contributed by atoms with van der Waals surface area (Å²) in [6.07, 6.45) is 2.84. The van der Waals surface area contributed by atoms with Crippen LogP contribution in [0.25, 0.3) is 11.1 Å². The molecular formula is C22H23ClFN7O2S. The highest BCUT2D eigenvalue weighted by atomic mass is 35.5. The van der Waals surface area contributed by atoms with Crippen LogP contribution in [-0.2, 0) is 9.92 Å². The minimum atomic E-state index is -3.91. The van der Waals surface area contributed by atoms with Crippen LogP contribution in [-0.4, -0.2) is 25.0 Å². The molecule has 1 atom stereocenters. The minimum Gasteiger partial charge on any atom is -0.306 e. The number of amides is 2. The molecule has 3 aromatic rings. The Kier molecular flexibility index (Phi) is 7.24. The lowest BCUT2D eigenvalue weighted by Gasteiger charge is -2.19. The largest absolute Gasteiger partial charge is 0.332 e. The fourth-order valence-corrected chi connectivity index (χ4v) is 4.65. The molecule has 3 rings (SSSR count). The van der Waals surface area contributed by atoms with E-state index in [2.05, 4.69) is 20.1 Å². The molecule has 1 unspecified atom stereocenters. The number of pyridine rings is 1. The van der Waals surface area contributed by atoms with Crippen LogP contribution in [0.5, 0.6) is 0 Å². The molecule has 12 heteroatoms. The number of anilines is 1. The standard InChI is InChI=1S/C22H23ClFN7O2S/c1-12(2)17-8-15(24)9-18(14-5-6-27-16(7-14)10-25)20(17)28-22(32)30-34(26,33)21-19(23)11-31(29-21)13(3)4/h5-9,11-13H,1-4H3,(H3,26,28,30,32,33). The highest BCUT2D eigenvalue weighted by Crippen LogP contribution is 2.36. The van der Waals surface area contributed by atoms with E-state index in [9.17, 15) is 18.7 Å². The van der Waals surface area contributed by atoms with Gasteiger partial charge in [0.2, 0.25) is 0 Å². The lowest BCUT2D eigenvalue weighted by atomic mass is 9.94. The summed E-state index contributed by atoms with van der Waals surface area (Å²) in [5.41, 5.74) is 1.59. The van der Waals surface area contributed by atoms with Gasteiger partial charge in [-0.1, -0.05) is 25.4 Å². The summed E-state index contributed by atoms with van der Waals surface area (Å²) in [6.45, 7) is 7.31. The van der Waals surface area contributed by atoms with Gasteiger partial charge >= 0.3 is 6.03 Å². The normalized spacial score (nSPS) is 12.9. The Morgan fingerprint density at radius 2 is 2.00 bits per heavy atom.